The fourth-order valence-electron chi connectivity index (χ4n) is 2.65. The van der Waals surface area contributed by atoms with Gasteiger partial charge in [-0.15, -0.1) is 0 Å². The Labute approximate surface area is 121 Å². The van der Waals surface area contributed by atoms with Gasteiger partial charge in [0, 0.05) is 0 Å². The zero-order valence-corrected chi connectivity index (χ0v) is 12.3. The highest BCUT2D eigenvalue weighted by Gasteiger charge is 2.22. The van der Waals surface area contributed by atoms with Crippen molar-refractivity contribution in [2.45, 2.75) is 38.2 Å². The zero-order chi connectivity index (χ0) is 13.2. The number of halogens is 1. The summed E-state index contributed by atoms with van der Waals surface area (Å²) in [6, 6.07) is 3.80. The van der Waals surface area contributed by atoms with Crippen LogP contribution in [0.2, 0.25) is 0 Å². The van der Waals surface area contributed by atoms with Crippen LogP contribution in [0.4, 0.5) is 0 Å². The number of ether oxygens (including phenoxy) is 2. The Morgan fingerprint density at radius 3 is 2.95 bits per heavy atom. The Kier molecular flexibility index (Phi) is 3.80. The minimum atomic E-state index is -0.538. The molecule has 1 aromatic rings. The van der Waals surface area contributed by atoms with E-state index in [1.165, 1.54) is 12.8 Å². The van der Waals surface area contributed by atoms with E-state index in [2.05, 4.69) is 22.0 Å². The first kappa shape index (κ1) is 13.0. The highest BCUT2D eigenvalue weighted by molar-refractivity contribution is 9.10. The average Bonchev–Trinajstić information content (AvgIpc) is 2.72. The normalized spacial score (nSPS) is 19.8. The second-order valence-corrected chi connectivity index (χ2v) is 5.87. The van der Waals surface area contributed by atoms with Gasteiger partial charge in [-0.1, -0.05) is 12.5 Å². The Hall–Kier alpha value is -1.00. The molecule has 1 aromatic carbocycles. The Morgan fingerprint density at radius 1 is 1.16 bits per heavy atom. The second kappa shape index (κ2) is 5.55. The van der Waals surface area contributed by atoms with Crippen LogP contribution in [0.5, 0.6) is 11.5 Å². The van der Waals surface area contributed by atoms with E-state index < -0.39 is 6.10 Å². The summed E-state index contributed by atoms with van der Waals surface area (Å²) in [6.07, 6.45) is 7.33. The van der Waals surface area contributed by atoms with Gasteiger partial charge in [0.15, 0.2) is 11.5 Å². The molecule has 0 fully saturated rings. The second-order valence-electron chi connectivity index (χ2n) is 5.02. The maximum absolute atomic E-state index is 10.5. The summed E-state index contributed by atoms with van der Waals surface area (Å²) in [5, 5.41) is 10.5. The predicted molar refractivity (Wildman–Crippen MR) is 76.4 cm³/mol. The van der Waals surface area contributed by atoms with Gasteiger partial charge in [-0.25, -0.2) is 0 Å². The molecule has 2 aliphatic rings. The van der Waals surface area contributed by atoms with Crippen LogP contribution in [-0.2, 0) is 0 Å². The topological polar surface area (TPSA) is 38.7 Å². The van der Waals surface area contributed by atoms with Gasteiger partial charge in [-0.3, -0.25) is 0 Å². The smallest absolute Gasteiger partial charge is 0.231 e. The molecule has 0 aromatic heterocycles. The van der Waals surface area contributed by atoms with Crippen LogP contribution in [0, 0.1) is 0 Å². The molecule has 19 heavy (non-hydrogen) atoms. The van der Waals surface area contributed by atoms with Crippen LogP contribution in [-0.4, -0.2) is 11.9 Å². The van der Waals surface area contributed by atoms with Gasteiger partial charge >= 0.3 is 0 Å². The third-order valence-electron chi connectivity index (χ3n) is 3.69. The van der Waals surface area contributed by atoms with Crippen molar-refractivity contribution in [3.05, 3.63) is 33.8 Å². The molecule has 1 N–H and O–H groups in total. The molecule has 0 bridgehead atoms. The number of fused-ring (bicyclic) bond motifs is 1. The van der Waals surface area contributed by atoms with Crippen LogP contribution in [0.3, 0.4) is 0 Å². The lowest BCUT2D eigenvalue weighted by Crippen LogP contribution is -2.02. The number of rotatable bonds is 2. The van der Waals surface area contributed by atoms with Crippen LogP contribution in [0.25, 0.3) is 0 Å². The molecule has 1 atom stereocenters. The number of aliphatic hydroxyl groups is 1. The highest BCUT2D eigenvalue weighted by atomic mass is 79.9. The summed E-state index contributed by atoms with van der Waals surface area (Å²) < 4.78 is 11.6. The van der Waals surface area contributed by atoms with Crippen LogP contribution in [0.15, 0.2) is 28.3 Å². The number of allylic oxidation sites excluding steroid dienone is 1. The summed E-state index contributed by atoms with van der Waals surface area (Å²) >= 11 is 3.47. The van der Waals surface area contributed by atoms with Crippen molar-refractivity contribution in [2.75, 3.05) is 6.79 Å². The quantitative estimate of drug-likeness (QED) is 0.832. The molecule has 0 amide bonds. The first-order valence-electron chi connectivity index (χ1n) is 6.72. The van der Waals surface area contributed by atoms with E-state index in [0.29, 0.717) is 5.75 Å². The maximum Gasteiger partial charge on any atom is 0.231 e. The van der Waals surface area contributed by atoms with Crippen molar-refractivity contribution in [2.24, 2.45) is 0 Å². The van der Waals surface area contributed by atoms with Crippen molar-refractivity contribution in [3.8, 4) is 11.5 Å². The fraction of sp³-hybridized carbons (Fsp3) is 0.467. The first-order valence-corrected chi connectivity index (χ1v) is 7.51. The lowest BCUT2D eigenvalue weighted by atomic mass is 9.97. The van der Waals surface area contributed by atoms with Gasteiger partial charge in [-0.05, 0) is 64.9 Å². The summed E-state index contributed by atoms with van der Waals surface area (Å²) in [5.41, 5.74) is 1.99. The molecule has 4 heteroatoms. The van der Waals surface area contributed by atoms with Crippen LogP contribution in [0.1, 0.15) is 43.8 Å². The first-order chi connectivity index (χ1) is 9.25. The van der Waals surface area contributed by atoms with Crippen molar-refractivity contribution >= 4 is 15.9 Å². The average molecular weight is 325 g/mol. The van der Waals surface area contributed by atoms with E-state index in [9.17, 15) is 5.11 Å². The third-order valence-corrected chi connectivity index (χ3v) is 4.28. The third kappa shape index (κ3) is 2.65. The van der Waals surface area contributed by atoms with Gasteiger partial charge in [0.25, 0.3) is 0 Å². The van der Waals surface area contributed by atoms with E-state index in [-0.39, 0.29) is 6.79 Å². The van der Waals surface area contributed by atoms with Gasteiger partial charge < -0.3 is 14.6 Å². The van der Waals surface area contributed by atoms with E-state index >= 15 is 0 Å². The minimum Gasteiger partial charge on any atom is -0.454 e. The molecule has 1 heterocycles. The van der Waals surface area contributed by atoms with Crippen molar-refractivity contribution in [1.29, 1.82) is 0 Å². The standard InChI is InChI=1S/C15H17BrO3/c16-12-7-11(8-13-15(12)19-9-18-13)14(17)10-5-3-1-2-4-6-10/h5,7-8,14,17H,1-4,6,9H2. The summed E-state index contributed by atoms with van der Waals surface area (Å²) in [6.45, 7) is 0.246. The van der Waals surface area contributed by atoms with Crippen molar-refractivity contribution in [1.82, 2.24) is 0 Å². The maximum atomic E-state index is 10.5. The summed E-state index contributed by atoms with van der Waals surface area (Å²) in [4.78, 5) is 0. The molecule has 1 aliphatic heterocycles. The van der Waals surface area contributed by atoms with Crippen molar-refractivity contribution < 1.29 is 14.6 Å². The molecule has 0 saturated heterocycles. The van der Waals surface area contributed by atoms with E-state index in [4.69, 9.17) is 9.47 Å². The van der Waals surface area contributed by atoms with Crippen LogP contribution >= 0.6 is 15.9 Å². The lowest BCUT2D eigenvalue weighted by Gasteiger charge is -2.15. The molecule has 0 spiro atoms. The highest BCUT2D eigenvalue weighted by Crippen LogP contribution is 2.42. The zero-order valence-electron chi connectivity index (χ0n) is 10.7. The largest absolute Gasteiger partial charge is 0.454 e. The minimum absolute atomic E-state index is 0.246. The molecule has 0 saturated carbocycles. The Morgan fingerprint density at radius 2 is 2.05 bits per heavy atom. The van der Waals surface area contributed by atoms with Gasteiger partial charge in [0.05, 0.1) is 4.47 Å². The van der Waals surface area contributed by atoms with Crippen LogP contribution < -0.4 is 9.47 Å². The van der Waals surface area contributed by atoms with E-state index in [1.54, 1.807) is 0 Å². The molecule has 1 aliphatic carbocycles. The van der Waals surface area contributed by atoms with E-state index in [1.807, 2.05) is 12.1 Å². The summed E-state index contributed by atoms with van der Waals surface area (Å²) in [5.74, 6) is 1.43. The number of hydrogen-bond acceptors (Lipinski definition) is 3. The molecular formula is C15H17BrO3. The molecule has 1 unspecified atom stereocenters. The predicted octanol–water partition coefficient (Wildman–Crippen LogP) is 4.10. The van der Waals surface area contributed by atoms with Crippen molar-refractivity contribution in [3.63, 3.8) is 0 Å². The summed E-state index contributed by atoms with van der Waals surface area (Å²) in [7, 11) is 0. The number of aliphatic hydroxyl groups excluding tert-OH is 1. The molecule has 3 nitrogen and oxygen atoms in total. The number of benzene rings is 1. The molecular weight excluding hydrogens is 308 g/mol. The Bertz CT molecular complexity index is 510. The SMILES string of the molecule is OC(C1=CCCCCC1)c1cc(Br)c2c(c1)OCO2. The molecule has 0 radical (unpaired) electrons. The number of hydrogen-bond donors (Lipinski definition) is 1. The van der Waals surface area contributed by atoms with Gasteiger partial charge in [-0.2, -0.15) is 0 Å². The monoisotopic (exact) mass is 324 g/mol. The lowest BCUT2D eigenvalue weighted by molar-refractivity contribution is 0.173. The molecule has 3 rings (SSSR count). The Balaban J connectivity index is 1.89. The van der Waals surface area contributed by atoms with E-state index in [0.717, 1.165) is 40.6 Å². The van der Waals surface area contributed by atoms with Gasteiger partial charge in [0.2, 0.25) is 6.79 Å². The fourth-order valence-corrected chi connectivity index (χ4v) is 3.22. The molecule has 102 valence electrons. The van der Waals surface area contributed by atoms with Gasteiger partial charge in [0.1, 0.15) is 6.10 Å².